The molecule has 3 nitrogen and oxygen atoms in total. The number of carbonyl (C=O) groups excluding carboxylic acids is 1. The number of aryl methyl sites for hydroxylation is 1. The first kappa shape index (κ1) is 15.8. The Hall–Kier alpha value is -2.72. The average molecular weight is 346 g/mol. The van der Waals surface area contributed by atoms with Crippen LogP contribution in [0.3, 0.4) is 0 Å². The molecule has 0 aliphatic carbocycles. The highest BCUT2D eigenvalue weighted by atomic mass is 32.2. The number of nitrogens with zero attached hydrogens (tertiary/aromatic N) is 1. The first-order chi connectivity index (χ1) is 12.2. The molecule has 4 heteroatoms. The highest BCUT2D eigenvalue weighted by Gasteiger charge is 2.32. The van der Waals surface area contributed by atoms with Gasteiger partial charge >= 0.3 is 0 Å². The molecule has 0 radical (unpaired) electrons. The van der Waals surface area contributed by atoms with Gasteiger partial charge in [0, 0.05) is 16.1 Å². The van der Waals surface area contributed by atoms with Gasteiger partial charge in [0.05, 0.1) is 5.69 Å². The molecule has 1 atom stereocenters. The fourth-order valence-electron chi connectivity index (χ4n) is 2.91. The molecule has 1 heterocycles. The standard InChI is InChI=1S/C21H18N2OS/c1-15-11-13-16(14-12-15)20(24)22-21-23(17-7-3-2-4-8-17)18-9-5-6-10-19(18)25-21/h2-14,21H,1H3,(H,22,24). The average Bonchev–Trinajstić information content (AvgIpc) is 3.00. The van der Waals surface area contributed by atoms with Gasteiger partial charge in [-0.05, 0) is 43.3 Å². The topological polar surface area (TPSA) is 32.3 Å². The van der Waals surface area contributed by atoms with E-state index in [1.165, 1.54) is 4.90 Å². The molecule has 1 aliphatic heterocycles. The smallest absolute Gasteiger partial charge is 0.253 e. The Balaban J connectivity index is 1.64. The molecule has 3 aromatic carbocycles. The van der Waals surface area contributed by atoms with Crippen LogP contribution in [-0.4, -0.2) is 11.4 Å². The summed E-state index contributed by atoms with van der Waals surface area (Å²) in [6, 6.07) is 26.0. The number of thioether (sulfide) groups is 1. The monoisotopic (exact) mass is 346 g/mol. The van der Waals surface area contributed by atoms with E-state index in [-0.39, 0.29) is 11.4 Å². The molecule has 0 aromatic heterocycles. The lowest BCUT2D eigenvalue weighted by atomic mass is 10.1. The summed E-state index contributed by atoms with van der Waals surface area (Å²) in [5, 5.41) is 3.16. The third kappa shape index (κ3) is 3.13. The van der Waals surface area contributed by atoms with Crippen LogP contribution in [0.4, 0.5) is 11.4 Å². The molecule has 1 unspecified atom stereocenters. The van der Waals surface area contributed by atoms with Gasteiger partial charge in [-0.15, -0.1) is 0 Å². The molecule has 0 fully saturated rings. The largest absolute Gasteiger partial charge is 0.322 e. The maximum Gasteiger partial charge on any atom is 0.253 e. The van der Waals surface area contributed by atoms with Gasteiger partial charge in [0.25, 0.3) is 5.91 Å². The molecule has 4 rings (SSSR count). The van der Waals surface area contributed by atoms with Crippen molar-refractivity contribution in [2.24, 2.45) is 0 Å². The SMILES string of the molecule is Cc1ccc(C(=O)NC2Sc3ccccc3N2c2ccccc2)cc1. The van der Waals surface area contributed by atoms with Gasteiger partial charge in [-0.3, -0.25) is 4.79 Å². The summed E-state index contributed by atoms with van der Waals surface area (Å²) in [7, 11) is 0. The van der Waals surface area contributed by atoms with E-state index in [4.69, 9.17) is 0 Å². The van der Waals surface area contributed by atoms with Crippen LogP contribution in [0.25, 0.3) is 0 Å². The van der Waals surface area contributed by atoms with E-state index >= 15 is 0 Å². The Morgan fingerprint density at radius 2 is 1.60 bits per heavy atom. The molecular formula is C21H18N2OS. The van der Waals surface area contributed by atoms with Crippen molar-refractivity contribution >= 4 is 29.0 Å². The van der Waals surface area contributed by atoms with Gasteiger partial charge in [-0.25, -0.2) is 0 Å². The number of benzene rings is 3. The Labute approximate surface area is 151 Å². The summed E-state index contributed by atoms with van der Waals surface area (Å²) in [4.78, 5) is 16.0. The van der Waals surface area contributed by atoms with E-state index in [0.29, 0.717) is 5.56 Å². The van der Waals surface area contributed by atoms with E-state index in [1.54, 1.807) is 11.8 Å². The molecule has 0 saturated heterocycles. The van der Waals surface area contributed by atoms with Crippen LogP contribution < -0.4 is 10.2 Å². The molecule has 1 amide bonds. The van der Waals surface area contributed by atoms with Crippen molar-refractivity contribution in [3.63, 3.8) is 0 Å². The minimum atomic E-state index is -0.173. The fraction of sp³-hybridized carbons (Fsp3) is 0.0952. The number of anilines is 2. The minimum Gasteiger partial charge on any atom is -0.322 e. The van der Waals surface area contributed by atoms with Gasteiger partial charge in [-0.1, -0.05) is 59.8 Å². The number of hydrogen-bond donors (Lipinski definition) is 1. The summed E-state index contributed by atoms with van der Waals surface area (Å²) in [6.45, 7) is 2.02. The molecule has 0 bridgehead atoms. The van der Waals surface area contributed by atoms with Crippen LogP contribution in [0.15, 0.2) is 83.8 Å². The van der Waals surface area contributed by atoms with Gasteiger partial charge < -0.3 is 10.2 Å². The van der Waals surface area contributed by atoms with Crippen molar-refractivity contribution in [3.8, 4) is 0 Å². The number of carbonyl (C=O) groups is 1. The van der Waals surface area contributed by atoms with E-state index in [2.05, 4.69) is 34.5 Å². The molecule has 3 aromatic rings. The third-order valence-corrected chi connectivity index (χ3v) is 5.35. The van der Waals surface area contributed by atoms with Crippen molar-refractivity contribution in [3.05, 3.63) is 90.0 Å². The molecule has 0 spiro atoms. The van der Waals surface area contributed by atoms with Crippen molar-refractivity contribution in [1.82, 2.24) is 5.32 Å². The van der Waals surface area contributed by atoms with Crippen LogP contribution in [0.2, 0.25) is 0 Å². The van der Waals surface area contributed by atoms with Crippen molar-refractivity contribution < 1.29 is 4.79 Å². The van der Waals surface area contributed by atoms with E-state index < -0.39 is 0 Å². The van der Waals surface area contributed by atoms with Gasteiger partial charge in [-0.2, -0.15) is 0 Å². The summed E-state index contributed by atoms with van der Waals surface area (Å²) in [5.41, 5.74) is 3.83. The first-order valence-electron chi connectivity index (χ1n) is 8.20. The van der Waals surface area contributed by atoms with Crippen LogP contribution in [0.5, 0.6) is 0 Å². The molecular weight excluding hydrogens is 328 g/mol. The number of hydrogen-bond acceptors (Lipinski definition) is 3. The highest BCUT2D eigenvalue weighted by Crippen LogP contribution is 2.46. The van der Waals surface area contributed by atoms with E-state index in [1.807, 2.05) is 61.5 Å². The van der Waals surface area contributed by atoms with Crippen molar-refractivity contribution in [1.29, 1.82) is 0 Å². The number of rotatable bonds is 3. The second-order valence-electron chi connectivity index (χ2n) is 5.98. The fourth-order valence-corrected chi connectivity index (χ4v) is 4.10. The maximum atomic E-state index is 12.7. The summed E-state index contributed by atoms with van der Waals surface area (Å²) in [6.07, 6.45) is 0. The van der Waals surface area contributed by atoms with Crippen molar-refractivity contribution in [2.75, 3.05) is 4.90 Å². The molecule has 124 valence electrons. The predicted molar refractivity (Wildman–Crippen MR) is 103 cm³/mol. The van der Waals surface area contributed by atoms with Crippen LogP contribution >= 0.6 is 11.8 Å². The Bertz CT molecular complexity index is 893. The second kappa shape index (κ2) is 6.65. The molecule has 0 saturated carbocycles. The predicted octanol–water partition coefficient (Wildman–Crippen LogP) is 4.95. The Morgan fingerprint density at radius 3 is 2.36 bits per heavy atom. The van der Waals surface area contributed by atoms with Crippen LogP contribution in [0, 0.1) is 6.92 Å². The Morgan fingerprint density at radius 1 is 0.920 bits per heavy atom. The number of amides is 1. The molecule has 1 N–H and O–H groups in total. The van der Waals surface area contributed by atoms with Crippen LogP contribution in [0.1, 0.15) is 15.9 Å². The van der Waals surface area contributed by atoms with E-state index in [9.17, 15) is 4.79 Å². The first-order valence-corrected chi connectivity index (χ1v) is 9.08. The van der Waals surface area contributed by atoms with E-state index in [0.717, 1.165) is 16.9 Å². The molecule has 25 heavy (non-hydrogen) atoms. The lowest BCUT2D eigenvalue weighted by Gasteiger charge is -2.27. The lowest BCUT2D eigenvalue weighted by molar-refractivity contribution is 0.0950. The van der Waals surface area contributed by atoms with Crippen LogP contribution in [-0.2, 0) is 0 Å². The zero-order valence-electron chi connectivity index (χ0n) is 13.8. The third-order valence-electron chi connectivity index (χ3n) is 4.20. The number of fused-ring (bicyclic) bond motifs is 1. The lowest BCUT2D eigenvalue weighted by Crippen LogP contribution is -2.41. The quantitative estimate of drug-likeness (QED) is 0.728. The molecule has 1 aliphatic rings. The zero-order chi connectivity index (χ0) is 17.2. The Kier molecular flexibility index (Phi) is 4.20. The van der Waals surface area contributed by atoms with Gasteiger partial charge in [0.15, 0.2) is 5.50 Å². The normalized spacial score (nSPS) is 15.7. The second-order valence-corrected chi connectivity index (χ2v) is 7.11. The summed E-state index contributed by atoms with van der Waals surface area (Å²) >= 11 is 1.66. The van der Waals surface area contributed by atoms with Crippen molar-refractivity contribution in [2.45, 2.75) is 17.3 Å². The van der Waals surface area contributed by atoms with Gasteiger partial charge in [0.1, 0.15) is 0 Å². The summed E-state index contributed by atoms with van der Waals surface area (Å²) < 4.78 is 0. The zero-order valence-corrected chi connectivity index (χ0v) is 14.7. The summed E-state index contributed by atoms with van der Waals surface area (Å²) in [5.74, 6) is -0.0637. The minimum absolute atomic E-state index is 0.0637. The van der Waals surface area contributed by atoms with Gasteiger partial charge in [0.2, 0.25) is 0 Å². The number of para-hydroxylation sites is 2. The highest BCUT2D eigenvalue weighted by molar-refractivity contribution is 8.00. The number of nitrogens with one attached hydrogen (secondary N) is 1. The maximum absolute atomic E-state index is 12.7.